The zero-order valence-corrected chi connectivity index (χ0v) is 18.1. The third-order valence-electron chi connectivity index (χ3n) is 5.13. The molecule has 1 heterocycles. The summed E-state index contributed by atoms with van der Waals surface area (Å²) in [6.07, 6.45) is 0.850. The predicted octanol–water partition coefficient (Wildman–Crippen LogP) is 3.36. The lowest BCUT2D eigenvalue weighted by Gasteiger charge is -2.21. The Labute approximate surface area is 182 Å². The van der Waals surface area contributed by atoms with Gasteiger partial charge in [0, 0.05) is 51.1 Å². The van der Waals surface area contributed by atoms with Gasteiger partial charge in [-0.2, -0.15) is 0 Å². The topological polar surface area (TPSA) is 60.9 Å². The van der Waals surface area contributed by atoms with Crippen LogP contribution < -0.4 is 20.9 Å². The second-order valence-corrected chi connectivity index (χ2v) is 7.48. The van der Waals surface area contributed by atoms with Crippen molar-refractivity contribution in [2.75, 3.05) is 50.1 Å². The molecule has 3 N–H and O–H groups in total. The van der Waals surface area contributed by atoms with Crippen molar-refractivity contribution in [1.29, 1.82) is 0 Å². The van der Waals surface area contributed by atoms with Crippen molar-refractivity contribution in [2.45, 2.75) is 25.9 Å². The molecule has 1 fully saturated rings. The number of nitrogens with zero attached hydrogens (tertiary/aromatic N) is 2. The summed E-state index contributed by atoms with van der Waals surface area (Å²) in [5, 5.41) is 10.0. The van der Waals surface area contributed by atoms with Crippen molar-refractivity contribution >= 4 is 17.3 Å². The molecule has 0 aliphatic carbocycles. The number of aliphatic imine (C=N–C) groups is 1. The Bertz CT molecular complexity index is 860. The van der Waals surface area contributed by atoms with Gasteiger partial charge in [0.25, 0.3) is 0 Å². The van der Waals surface area contributed by atoms with Crippen molar-refractivity contribution < 1.29 is 13.5 Å². The van der Waals surface area contributed by atoms with Gasteiger partial charge in [-0.25, -0.2) is 13.8 Å². The van der Waals surface area contributed by atoms with Crippen LogP contribution in [0, 0.1) is 11.6 Å². The quantitative estimate of drug-likeness (QED) is 0.323. The predicted molar refractivity (Wildman–Crippen MR) is 122 cm³/mol. The van der Waals surface area contributed by atoms with Crippen LogP contribution in [-0.2, 0) is 11.3 Å². The molecule has 6 nitrogen and oxygen atoms in total. The summed E-state index contributed by atoms with van der Waals surface area (Å²) < 4.78 is 32.3. The average molecular weight is 432 g/mol. The molecule has 3 rings (SSSR count). The van der Waals surface area contributed by atoms with E-state index >= 15 is 0 Å². The second kappa shape index (κ2) is 11.5. The summed E-state index contributed by atoms with van der Waals surface area (Å²) in [6, 6.07) is 12.0. The van der Waals surface area contributed by atoms with Gasteiger partial charge in [-0.05, 0) is 43.2 Å². The van der Waals surface area contributed by atoms with Gasteiger partial charge in [-0.1, -0.05) is 12.1 Å². The van der Waals surface area contributed by atoms with Crippen LogP contribution in [0.1, 0.15) is 18.9 Å². The number of anilines is 2. The zero-order chi connectivity index (χ0) is 22.1. The summed E-state index contributed by atoms with van der Waals surface area (Å²) >= 11 is 0. The van der Waals surface area contributed by atoms with Crippen LogP contribution in [0.5, 0.6) is 0 Å². The van der Waals surface area contributed by atoms with Gasteiger partial charge in [0.05, 0.1) is 18.8 Å². The van der Waals surface area contributed by atoms with E-state index in [-0.39, 0.29) is 6.04 Å². The number of halogens is 2. The molecule has 0 aromatic heterocycles. The maximum Gasteiger partial charge on any atom is 0.191 e. The van der Waals surface area contributed by atoms with Crippen LogP contribution in [0.3, 0.4) is 0 Å². The molecule has 1 aliphatic rings. The minimum absolute atomic E-state index is 0.134. The van der Waals surface area contributed by atoms with Gasteiger partial charge >= 0.3 is 0 Å². The molecule has 0 amide bonds. The standard InChI is InChI=1S/C23H31F2N5O/c1-3-26-23(28-15-17-4-7-19(8-5-17)27-11-13-31-2)29-20-10-12-30(16-20)22-9-6-18(24)14-21(22)25/h4-9,14,20,27H,3,10-13,15-16H2,1-2H3,(H2,26,28,29). The smallest absolute Gasteiger partial charge is 0.191 e. The molecular weight excluding hydrogens is 400 g/mol. The van der Waals surface area contributed by atoms with E-state index in [1.165, 1.54) is 12.1 Å². The summed E-state index contributed by atoms with van der Waals surface area (Å²) in [4.78, 5) is 6.63. The lowest BCUT2D eigenvalue weighted by atomic mass is 10.2. The molecular formula is C23H31F2N5O. The molecule has 2 aromatic rings. The van der Waals surface area contributed by atoms with Crippen LogP contribution in [0.15, 0.2) is 47.5 Å². The summed E-state index contributed by atoms with van der Waals surface area (Å²) in [7, 11) is 1.68. The Morgan fingerprint density at radius 3 is 2.71 bits per heavy atom. The second-order valence-electron chi connectivity index (χ2n) is 7.48. The molecule has 0 radical (unpaired) electrons. The minimum Gasteiger partial charge on any atom is -0.383 e. The maximum absolute atomic E-state index is 14.1. The van der Waals surface area contributed by atoms with Crippen molar-refractivity contribution in [3.8, 4) is 0 Å². The molecule has 1 unspecified atom stereocenters. The van der Waals surface area contributed by atoms with Gasteiger partial charge in [-0.3, -0.25) is 0 Å². The fraction of sp³-hybridized carbons (Fsp3) is 0.435. The van der Waals surface area contributed by atoms with E-state index in [0.717, 1.165) is 42.8 Å². The van der Waals surface area contributed by atoms with Gasteiger partial charge in [0.1, 0.15) is 11.6 Å². The van der Waals surface area contributed by atoms with E-state index in [1.807, 2.05) is 24.0 Å². The SMILES string of the molecule is CCNC(=NCc1ccc(NCCOC)cc1)NC1CCN(c2ccc(F)cc2F)C1. The highest BCUT2D eigenvalue weighted by atomic mass is 19.1. The highest BCUT2D eigenvalue weighted by molar-refractivity contribution is 5.80. The number of guanidine groups is 1. The Kier molecular flexibility index (Phi) is 8.46. The number of benzene rings is 2. The molecule has 31 heavy (non-hydrogen) atoms. The number of nitrogens with one attached hydrogen (secondary N) is 3. The van der Waals surface area contributed by atoms with E-state index in [9.17, 15) is 8.78 Å². The van der Waals surface area contributed by atoms with E-state index < -0.39 is 11.6 Å². The first-order valence-corrected chi connectivity index (χ1v) is 10.7. The van der Waals surface area contributed by atoms with Crippen molar-refractivity contribution in [2.24, 2.45) is 4.99 Å². The third-order valence-corrected chi connectivity index (χ3v) is 5.13. The average Bonchev–Trinajstić information content (AvgIpc) is 3.21. The Morgan fingerprint density at radius 2 is 2.00 bits per heavy atom. The molecule has 1 atom stereocenters. The van der Waals surface area contributed by atoms with Gasteiger partial charge < -0.3 is 25.6 Å². The number of rotatable bonds is 9. The van der Waals surface area contributed by atoms with Crippen molar-refractivity contribution in [3.05, 3.63) is 59.7 Å². The molecule has 0 spiro atoms. The minimum atomic E-state index is -0.560. The molecule has 168 valence electrons. The Balaban J connectivity index is 1.55. The molecule has 0 bridgehead atoms. The third kappa shape index (κ3) is 6.82. The number of hydrogen-bond acceptors (Lipinski definition) is 4. The molecule has 8 heteroatoms. The molecule has 2 aromatic carbocycles. The van der Waals surface area contributed by atoms with Crippen LogP contribution in [0.25, 0.3) is 0 Å². The first-order chi connectivity index (χ1) is 15.1. The first kappa shape index (κ1) is 22.8. The number of ether oxygens (including phenoxy) is 1. The summed E-state index contributed by atoms with van der Waals surface area (Å²) in [5.41, 5.74) is 2.59. The fourth-order valence-electron chi connectivity index (χ4n) is 3.54. The first-order valence-electron chi connectivity index (χ1n) is 10.7. The van der Waals surface area contributed by atoms with Crippen molar-refractivity contribution in [3.63, 3.8) is 0 Å². The summed E-state index contributed by atoms with van der Waals surface area (Å²) in [6.45, 7) is 6.09. The van der Waals surface area contributed by atoms with Crippen molar-refractivity contribution in [1.82, 2.24) is 10.6 Å². The summed E-state index contributed by atoms with van der Waals surface area (Å²) in [5.74, 6) is -0.354. The van der Waals surface area contributed by atoms with Crippen LogP contribution in [0.4, 0.5) is 20.2 Å². The number of hydrogen-bond donors (Lipinski definition) is 3. The lowest BCUT2D eigenvalue weighted by Crippen LogP contribution is -2.44. The van der Waals surface area contributed by atoms with E-state index in [4.69, 9.17) is 9.73 Å². The fourth-order valence-corrected chi connectivity index (χ4v) is 3.54. The largest absolute Gasteiger partial charge is 0.383 e. The van der Waals surface area contributed by atoms with Crippen LogP contribution in [-0.4, -0.2) is 51.9 Å². The zero-order valence-electron chi connectivity index (χ0n) is 18.1. The highest BCUT2D eigenvalue weighted by Crippen LogP contribution is 2.24. The van der Waals surface area contributed by atoms with Gasteiger partial charge in [-0.15, -0.1) is 0 Å². The van der Waals surface area contributed by atoms with E-state index in [0.29, 0.717) is 31.9 Å². The Hall–Kier alpha value is -2.87. The molecule has 0 saturated carbocycles. The monoisotopic (exact) mass is 431 g/mol. The van der Waals surface area contributed by atoms with E-state index in [1.54, 1.807) is 7.11 Å². The maximum atomic E-state index is 14.1. The molecule has 1 saturated heterocycles. The normalized spacial score (nSPS) is 16.5. The van der Waals surface area contributed by atoms with Gasteiger partial charge in [0.2, 0.25) is 0 Å². The Morgan fingerprint density at radius 1 is 1.19 bits per heavy atom. The highest BCUT2D eigenvalue weighted by Gasteiger charge is 2.25. The lowest BCUT2D eigenvalue weighted by molar-refractivity contribution is 0.211. The van der Waals surface area contributed by atoms with Crippen LogP contribution in [0.2, 0.25) is 0 Å². The van der Waals surface area contributed by atoms with Crippen LogP contribution >= 0.6 is 0 Å². The van der Waals surface area contributed by atoms with Gasteiger partial charge in [0.15, 0.2) is 5.96 Å². The van der Waals surface area contributed by atoms with E-state index in [2.05, 4.69) is 28.1 Å². The molecule has 1 aliphatic heterocycles. The number of methoxy groups -OCH3 is 1.